The van der Waals surface area contributed by atoms with Crippen LogP contribution in [0.4, 0.5) is 0 Å². The number of benzene rings is 1. The summed E-state index contributed by atoms with van der Waals surface area (Å²) in [5, 5.41) is 21.4. The monoisotopic (exact) mass is 251 g/mol. The molecule has 1 saturated carbocycles. The first kappa shape index (κ1) is 12.7. The maximum Gasteiger partial charge on any atom is 0.251 e. The minimum absolute atomic E-state index is 0.0124. The van der Waals surface area contributed by atoms with Gasteiger partial charge in [0.25, 0.3) is 5.91 Å². The van der Waals surface area contributed by atoms with Crippen molar-refractivity contribution in [1.82, 2.24) is 5.32 Å². The lowest BCUT2D eigenvalue weighted by atomic mass is 10.1. The molecule has 98 valence electrons. The Balaban J connectivity index is 2.05. The molecular formula is C13H17NO4. The third kappa shape index (κ3) is 2.56. The summed E-state index contributed by atoms with van der Waals surface area (Å²) in [6, 6.07) is 4.04. The molecule has 0 heterocycles. The van der Waals surface area contributed by atoms with Crippen LogP contribution >= 0.6 is 0 Å². The third-order valence-electron chi connectivity index (χ3n) is 3.31. The van der Waals surface area contributed by atoms with Gasteiger partial charge in [0, 0.05) is 12.7 Å². The van der Waals surface area contributed by atoms with Crippen molar-refractivity contribution < 1.29 is 19.7 Å². The van der Waals surface area contributed by atoms with E-state index in [4.69, 9.17) is 4.74 Å². The standard InChI is InChI=1S/C13H17NO4/c1-18-12-4-2-3-9(12)14-13(17)8-5-6-10(15)11(16)7-8/h5-7,9,12,15-16H,2-4H2,1H3,(H,14,17). The first-order valence-electron chi connectivity index (χ1n) is 5.97. The Bertz CT molecular complexity index is 447. The number of carbonyl (C=O) groups excluding carboxylic acids is 1. The fourth-order valence-corrected chi connectivity index (χ4v) is 2.29. The van der Waals surface area contributed by atoms with E-state index in [1.54, 1.807) is 7.11 Å². The lowest BCUT2D eigenvalue weighted by molar-refractivity contribution is 0.0722. The molecule has 1 fully saturated rings. The topological polar surface area (TPSA) is 78.8 Å². The Hall–Kier alpha value is -1.75. The molecule has 5 heteroatoms. The van der Waals surface area contributed by atoms with Gasteiger partial charge in [-0.1, -0.05) is 0 Å². The lowest BCUT2D eigenvalue weighted by Crippen LogP contribution is -2.40. The summed E-state index contributed by atoms with van der Waals surface area (Å²) in [5.41, 5.74) is 0.326. The van der Waals surface area contributed by atoms with Crippen LogP contribution in [-0.4, -0.2) is 35.4 Å². The normalized spacial score (nSPS) is 22.9. The molecule has 0 bridgehead atoms. The van der Waals surface area contributed by atoms with E-state index in [0.29, 0.717) is 5.56 Å². The Morgan fingerprint density at radius 1 is 1.33 bits per heavy atom. The third-order valence-corrected chi connectivity index (χ3v) is 3.31. The zero-order chi connectivity index (χ0) is 13.1. The molecule has 5 nitrogen and oxygen atoms in total. The van der Waals surface area contributed by atoms with E-state index in [9.17, 15) is 15.0 Å². The number of methoxy groups -OCH3 is 1. The number of nitrogens with one attached hydrogen (secondary N) is 1. The van der Waals surface area contributed by atoms with Gasteiger partial charge < -0.3 is 20.3 Å². The number of hydrogen-bond acceptors (Lipinski definition) is 4. The summed E-state index contributed by atoms with van der Waals surface area (Å²) in [7, 11) is 1.64. The minimum Gasteiger partial charge on any atom is -0.504 e. The molecule has 3 N–H and O–H groups in total. The van der Waals surface area contributed by atoms with Crippen molar-refractivity contribution in [2.24, 2.45) is 0 Å². The van der Waals surface area contributed by atoms with E-state index in [1.807, 2.05) is 0 Å². The number of ether oxygens (including phenoxy) is 1. The average molecular weight is 251 g/mol. The van der Waals surface area contributed by atoms with Gasteiger partial charge in [-0.05, 0) is 37.5 Å². The van der Waals surface area contributed by atoms with Crippen LogP contribution in [0.25, 0.3) is 0 Å². The molecule has 0 saturated heterocycles. The number of carbonyl (C=O) groups is 1. The Labute approximate surface area is 105 Å². The van der Waals surface area contributed by atoms with Crippen molar-refractivity contribution in [3.63, 3.8) is 0 Å². The van der Waals surface area contributed by atoms with Gasteiger partial charge in [0.15, 0.2) is 11.5 Å². The van der Waals surface area contributed by atoms with Gasteiger partial charge >= 0.3 is 0 Å². The fraction of sp³-hybridized carbons (Fsp3) is 0.462. The fourth-order valence-electron chi connectivity index (χ4n) is 2.29. The molecule has 0 radical (unpaired) electrons. The van der Waals surface area contributed by atoms with Crippen LogP contribution in [0.2, 0.25) is 0 Å². The maximum atomic E-state index is 12.0. The average Bonchev–Trinajstić information content (AvgIpc) is 2.79. The van der Waals surface area contributed by atoms with Gasteiger partial charge in [0.2, 0.25) is 0 Å². The van der Waals surface area contributed by atoms with Crippen LogP contribution in [0.3, 0.4) is 0 Å². The molecule has 1 amide bonds. The smallest absolute Gasteiger partial charge is 0.251 e. The van der Waals surface area contributed by atoms with Gasteiger partial charge in [-0.3, -0.25) is 4.79 Å². The highest BCUT2D eigenvalue weighted by molar-refractivity contribution is 5.95. The van der Waals surface area contributed by atoms with E-state index < -0.39 is 0 Å². The second-order valence-electron chi connectivity index (χ2n) is 4.49. The number of hydrogen-bond donors (Lipinski definition) is 3. The molecule has 2 rings (SSSR count). The zero-order valence-electron chi connectivity index (χ0n) is 10.2. The van der Waals surface area contributed by atoms with E-state index in [2.05, 4.69) is 5.32 Å². The first-order chi connectivity index (χ1) is 8.61. The number of amides is 1. The van der Waals surface area contributed by atoms with E-state index >= 15 is 0 Å². The quantitative estimate of drug-likeness (QED) is 0.709. The SMILES string of the molecule is COC1CCCC1NC(=O)c1ccc(O)c(O)c1. The predicted octanol–water partition coefficient (Wildman–Crippen LogP) is 1.40. The first-order valence-corrected chi connectivity index (χ1v) is 5.97. The van der Waals surface area contributed by atoms with Crippen LogP contribution in [0.1, 0.15) is 29.6 Å². The highest BCUT2D eigenvalue weighted by Crippen LogP contribution is 2.26. The van der Waals surface area contributed by atoms with Gasteiger partial charge in [-0.15, -0.1) is 0 Å². The van der Waals surface area contributed by atoms with Gasteiger partial charge in [0.1, 0.15) is 0 Å². The molecular weight excluding hydrogens is 234 g/mol. The zero-order valence-corrected chi connectivity index (χ0v) is 10.2. The molecule has 2 atom stereocenters. The Morgan fingerprint density at radius 3 is 2.78 bits per heavy atom. The van der Waals surface area contributed by atoms with Crippen molar-refractivity contribution in [2.75, 3.05) is 7.11 Å². The molecule has 1 aliphatic rings. The van der Waals surface area contributed by atoms with Gasteiger partial charge in [-0.2, -0.15) is 0 Å². The van der Waals surface area contributed by atoms with E-state index in [0.717, 1.165) is 19.3 Å². The van der Waals surface area contributed by atoms with Crippen LogP contribution in [0.15, 0.2) is 18.2 Å². The molecule has 0 aromatic heterocycles. The molecule has 18 heavy (non-hydrogen) atoms. The summed E-state index contributed by atoms with van der Waals surface area (Å²) < 4.78 is 5.30. The predicted molar refractivity (Wildman–Crippen MR) is 65.7 cm³/mol. The van der Waals surface area contributed by atoms with Crippen molar-refractivity contribution in [3.8, 4) is 11.5 Å². The van der Waals surface area contributed by atoms with Gasteiger partial charge in [0.05, 0.1) is 12.1 Å². The van der Waals surface area contributed by atoms with Crippen LogP contribution in [-0.2, 0) is 4.74 Å². The molecule has 2 unspecified atom stereocenters. The van der Waals surface area contributed by atoms with Gasteiger partial charge in [-0.25, -0.2) is 0 Å². The number of rotatable bonds is 3. The maximum absolute atomic E-state index is 12.0. The highest BCUT2D eigenvalue weighted by Gasteiger charge is 2.28. The van der Waals surface area contributed by atoms with Crippen LogP contribution < -0.4 is 5.32 Å². The lowest BCUT2D eigenvalue weighted by Gasteiger charge is -2.19. The van der Waals surface area contributed by atoms with Crippen molar-refractivity contribution in [3.05, 3.63) is 23.8 Å². The Kier molecular flexibility index (Phi) is 3.72. The molecule has 1 aromatic rings. The summed E-state index contributed by atoms with van der Waals surface area (Å²) in [6.45, 7) is 0. The molecule has 0 spiro atoms. The number of phenolic OH excluding ortho intramolecular Hbond substituents is 2. The van der Waals surface area contributed by atoms with Crippen LogP contribution in [0, 0.1) is 0 Å². The largest absolute Gasteiger partial charge is 0.504 e. The van der Waals surface area contributed by atoms with E-state index in [-0.39, 0.29) is 29.6 Å². The minimum atomic E-state index is -0.294. The summed E-state index contributed by atoms with van der Waals surface area (Å²) >= 11 is 0. The van der Waals surface area contributed by atoms with Crippen molar-refractivity contribution in [2.45, 2.75) is 31.4 Å². The van der Waals surface area contributed by atoms with Crippen LogP contribution in [0.5, 0.6) is 11.5 Å². The second-order valence-corrected chi connectivity index (χ2v) is 4.49. The second kappa shape index (κ2) is 5.27. The van der Waals surface area contributed by atoms with Crippen molar-refractivity contribution in [1.29, 1.82) is 0 Å². The highest BCUT2D eigenvalue weighted by atomic mass is 16.5. The van der Waals surface area contributed by atoms with Crippen molar-refractivity contribution >= 4 is 5.91 Å². The summed E-state index contributed by atoms with van der Waals surface area (Å²) in [4.78, 5) is 12.0. The molecule has 1 aromatic carbocycles. The number of aromatic hydroxyl groups is 2. The summed E-state index contributed by atoms with van der Waals surface area (Å²) in [6.07, 6.45) is 2.93. The number of phenols is 2. The summed E-state index contributed by atoms with van der Waals surface area (Å²) in [5.74, 6) is -0.793. The van der Waals surface area contributed by atoms with E-state index in [1.165, 1.54) is 18.2 Å². The molecule has 0 aliphatic heterocycles. The molecule has 1 aliphatic carbocycles. The Morgan fingerprint density at radius 2 is 2.11 bits per heavy atom.